The van der Waals surface area contributed by atoms with Gasteiger partial charge in [0.15, 0.2) is 0 Å². The molecule has 0 unspecified atom stereocenters. The second-order valence-electron chi connectivity index (χ2n) is 4.92. The molecule has 22 heavy (non-hydrogen) atoms. The minimum Gasteiger partial charge on any atom is -0.382 e. The number of rotatable bonds is 10. The molecule has 0 saturated carbocycles. The van der Waals surface area contributed by atoms with Crippen molar-refractivity contribution >= 4 is 15.9 Å². The zero-order valence-corrected chi connectivity index (χ0v) is 13.9. The lowest BCUT2D eigenvalue weighted by Crippen LogP contribution is -2.25. The van der Waals surface area contributed by atoms with Gasteiger partial charge in [0.2, 0.25) is 10.0 Å². The number of nitrogens with one attached hydrogen (secondary N) is 2. The van der Waals surface area contributed by atoms with Crippen LogP contribution in [-0.2, 0) is 21.2 Å². The minimum atomic E-state index is -3.16. The van der Waals surface area contributed by atoms with E-state index in [4.69, 9.17) is 4.74 Å². The van der Waals surface area contributed by atoms with Gasteiger partial charge in [0.05, 0.1) is 6.26 Å². The maximum Gasteiger partial charge on any atom is 0.251 e. The van der Waals surface area contributed by atoms with Crippen molar-refractivity contribution in [1.82, 2.24) is 10.0 Å². The van der Waals surface area contributed by atoms with Crippen LogP contribution in [0.15, 0.2) is 24.3 Å². The third-order valence-electron chi connectivity index (χ3n) is 2.95. The average molecular weight is 328 g/mol. The van der Waals surface area contributed by atoms with Gasteiger partial charge in [-0.2, -0.15) is 0 Å². The monoisotopic (exact) mass is 328 g/mol. The van der Waals surface area contributed by atoms with Gasteiger partial charge >= 0.3 is 0 Å². The Morgan fingerprint density at radius 2 is 1.86 bits per heavy atom. The van der Waals surface area contributed by atoms with Gasteiger partial charge < -0.3 is 10.1 Å². The average Bonchev–Trinajstić information content (AvgIpc) is 2.46. The van der Waals surface area contributed by atoms with E-state index in [1.165, 1.54) is 0 Å². The maximum atomic E-state index is 11.9. The predicted octanol–water partition coefficient (Wildman–Crippen LogP) is 0.935. The van der Waals surface area contributed by atoms with E-state index < -0.39 is 10.0 Å². The number of benzene rings is 1. The van der Waals surface area contributed by atoms with E-state index in [0.29, 0.717) is 38.3 Å². The number of amides is 1. The van der Waals surface area contributed by atoms with Gasteiger partial charge in [0.1, 0.15) is 0 Å². The van der Waals surface area contributed by atoms with Crippen molar-refractivity contribution in [2.75, 3.05) is 32.6 Å². The molecule has 1 aromatic carbocycles. The van der Waals surface area contributed by atoms with E-state index in [1.807, 2.05) is 19.1 Å². The van der Waals surface area contributed by atoms with Crippen LogP contribution >= 0.6 is 0 Å². The Balaban J connectivity index is 2.35. The number of sulfonamides is 1. The minimum absolute atomic E-state index is 0.114. The summed E-state index contributed by atoms with van der Waals surface area (Å²) in [5, 5.41) is 2.83. The number of ether oxygens (including phenoxy) is 1. The Hall–Kier alpha value is -1.44. The molecular weight excluding hydrogens is 304 g/mol. The van der Waals surface area contributed by atoms with Crippen molar-refractivity contribution in [1.29, 1.82) is 0 Å². The second-order valence-corrected chi connectivity index (χ2v) is 6.75. The van der Waals surface area contributed by atoms with Gasteiger partial charge in [-0.3, -0.25) is 4.79 Å². The summed E-state index contributed by atoms with van der Waals surface area (Å²) in [5.74, 6) is -0.114. The summed E-state index contributed by atoms with van der Waals surface area (Å²) in [4.78, 5) is 11.9. The molecule has 0 atom stereocenters. The summed E-state index contributed by atoms with van der Waals surface area (Å²) in [6.07, 6.45) is 2.50. The fourth-order valence-electron chi connectivity index (χ4n) is 1.83. The summed E-state index contributed by atoms with van der Waals surface area (Å²) < 4.78 is 29.5. The third-order valence-corrected chi connectivity index (χ3v) is 3.68. The molecule has 2 N–H and O–H groups in total. The Morgan fingerprint density at radius 3 is 2.45 bits per heavy atom. The Kier molecular flexibility index (Phi) is 8.08. The summed E-state index contributed by atoms with van der Waals surface area (Å²) in [5.41, 5.74) is 1.57. The van der Waals surface area contributed by atoms with Gasteiger partial charge in [0.25, 0.3) is 5.91 Å². The first-order chi connectivity index (χ1) is 10.4. The zero-order chi connectivity index (χ0) is 16.4. The van der Waals surface area contributed by atoms with Gasteiger partial charge in [-0.15, -0.1) is 0 Å². The molecule has 0 aliphatic rings. The normalized spacial score (nSPS) is 11.4. The zero-order valence-electron chi connectivity index (χ0n) is 13.1. The van der Waals surface area contributed by atoms with E-state index >= 15 is 0 Å². The highest BCUT2D eigenvalue weighted by molar-refractivity contribution is 7.88. The third kappa shape index (κ3) is 8.11. The van der Waals surface area contributed by atoms with Crippen molar-refractivity contribution in [3.8, 4) is 0 Å². The predicted molar refractivity (Wildman–Crippen MR) is 86.4 cm³/mol. The Bertz CT molecular complexity index is 555. The second kappa shape index (κ2) is 9.55. The number of carbonyl (C=O) groups excluding carboxylic acids is 1. The first kappa shape index (κ1) is 18.6. The fraction of sp³-hybridized carbons (Fsp3) is 0.533. The Morgan fingerprint density at radius 1 is 1.18 bits per heavy atom. The highest BCUT2D eigenvalue weighted by Gasteiger charge is 2.05. The molecule has 0 radical (unpaired) electrons. The lowest BCUT2D eigenvalue weighted by atomic mass is 10.1. The van der Waals surface area contributed by atoms with Crippen molar-refractivity contribution in [2.45, 2.75) is 19.8 Å². The molecule has 0 spiro atoms. The largest absolute Gasteiger partial charge is 0.382 e. The van der Waals surface area contributed by atoms with Crippen LogP contribution < -0.4 is 10.0 Å². The van der Waals surface area contributed by atoms with Crippen LogP contribution in [0.3, 0.4) is 0 Å². The van der Waals surface area contributed by atoms with Gasteiger partial charge in [0, 0.05) is 31.9 Å². The van der Waals surface area contributed by atoms with Crippen LogP contribution in [0.1, 0.15) is 29.3 Å². The SMILES string of the molecule is CCOCCCNC(=O)c1ccc(CCNS(C)(=O)=O)cc1. The molecule has 1 rings (SSSR count). The van der Waals surface area contributed by atoms with Crippen LogP contribution in [0.2, 0.25) is 0 Å². The van der Waals surface area contributed by atoms with Crippen molar-refractivity contribution in [3.63, 3.8) is 0 Å². The van der Waals surface area contributed by atoms with Gasteiger partial charge in [-0.1, -0.05) is 12.1 Å². The fourth-order valence-corrected chi connectivity index (χ4v) is 2.30. The van der Waals surface area contributed by atoms with E-state index in [2.05, 4.69) is 10.0 Å². The van der Waals surface area contributed by atoms with E-state index in [-0.39, 0.29) is 5.91 Å². The quantitative estimate of drug-likeness (QED) is 0.626. The van der Waals surface area contributed by atoms with Crippen molar-refractivity contribution in [2.24, 2.45) is 0 Å². The van der Waals surface area contributed by atoms with E-state index in [1.54, 1.807) is 12.1 Å². The number of hydrogen-bond donors (Lipinski definition) is 2. The molecule has 0 heterocycles. The van der Waals surface area contributed by atoms with Gasteiger partial charge in [-0.25, -0.2) is 13.1 Å². The van der Waals surface area contributed by atoms with E-state index in [9.17, 15) is 13.2 Å². The topological polar surface area (TPSA) is 84.5 Å². The van der Waals surface area contributed by atoms with Crippen LogP contribution in [0.5, 0.6) is 0 Å². The molecule has 7 heteroatoms. The Labute approximate surface area is 132 Å². The molecule has 0 fully saturated rings. The molecule has 0 aliphatic heterocycles. The van der Waals surface area contributed by atoms with Crippen LogP contribution in [0.25, 0.3) is 0 Å². The molecule has 0 saturated heterocycles. The van der Waals surface area contributed by atoms with Crippen LogP contribution in [0.4, 0.5) is 0 Å². The highest BCUT2D eigenvalue weighted by atomic mass is 32.2. The first-order valence-corrected chi connectivity index (χ1v) is 9.21. The van der Waals surface area contributed by atoms with Gasteiger partial charge in [-0.05, 0) is 37.5 Å². The van der Waals surface area contributed by atoms with Crippen molar-refractivity contribution in [3.05, 3.63) is 35.4 Å². The maximum absolute atomic E-state index is 11.9. The molecule has 0 bridgehead atoms. The lowest BCUT2D eigenvalue weighted by molar-refractivity contribution is 0.0944. The van der Waals surface area contributed by atoms with Crippen LogP contribution in [-0.4, -0.2) is 46.9 Å². The summed E-state index contributed by atoms with van der Waals surface area (Å²) in [7, 11) is -3.16. The summed E-state index contributed by atoms with van der Waals surface area (Å²) in [6.45, 7) is 4.19. The first-order valence-electron chi connectivity index (χ1n) is 7.32. The molecule has 0 aliphatic carbocycles. The molecule has 1 amide bonds. The standard InChI is InChI=1S/C15H24N2O4S/c1-3-21-12-4-10-16-15(18)14-7-5-13(6-8-14)9-11-17-22(2,19)20/h5-8,17H,3-4,9-12H2,1-2H3,(H,16,18). The highest BCUT2D eigenvalue weighted by Crippen LogP contribution is 2.05. The summed E-state index contributed by atoms with van der Waals surface area (Å²) >= 11 is 0. The van der Waals surface area contributed by atoms with Crippen molar-refractivity contribution < 1.29 is 17.9 Å². The van der Waals surface area contributed by atoms with E-state index in [0.717, 1.165) is 18.2 Å². The smallest absolute Gasteiger partial charge is 0.251 e. The molecule has 1 aromatic rings. The molecule has 0 aromatic heterocycles. The molecular formula is C15H24N2O4S. The van der Waals surface area contributed by atoms with Crippen LogP contribution in [0, 0.1) is 0 Å². The summed E-state index contributed by atoms with van der Waals surface area (Å²) in [6, 6.07) is 7.15. The number of carbonyl (C=O) groups is 1. The molecule has 124 valence electrons. The molecule has 6 nitrogen and oxygen atoms in total. The number of hydrogen-bond acceptors (Lipinski definition) is 4. The lowest BCUT2D eigenvalue weighted by Gasteiger charge is -2.07.